The average molecular weight is 591 g/mol. The molecule has 1 unspecified atom stereocenters. The molecule has 3 aliphatic rings. The van der Waals surface area contributed by atoms with Gasteiger partial charge in [0, 0.05) is 24.9 Å². The molecule has 0 bridgehead atoms. The summed E-state index contributed by atoms with van der Waals surface area (Å²) in [5.41, 5.74) is 3.95. The molecule has 0 amide bonds. The van der Waals surface area contributed by atoms with Gasteiger partial charge in [0.15, 0.2) is 0 Å². The molecule has 39 heavy (non-hydrogen) atoms. The molecule has 2 aliphatic heterocycles. The summed E-state index contributed by atoms with van der Waals surface area (Å²) in [5.74, 6) is 0.239. The van der Waals surface area contributed by atoms with Crippen LogP contribution in [0.4, 0.5) is 10.1 Å². The van der Waals surface area contributed by atoms with E-state index in [1.165, 1.54) is 6.20 Å². The Morgan fingerprint density at radius 3 is 2.62 bits per heavy atom. The third kappa shape index (κ3) is 4.78. The minimum atomic E-state index is -0.366. The lowest BCUT2D eigenvalue weighted by Gasteiger charge is -2.20. The molecule has 3 heterocycles. The van der Waals surface area contributed by atoms with E-state index in [9.17, 15) is 9.18 Å². The number of nitrogens with zero attached hydrogens (tertiary/aromatic N) is 4. The summed E-state index contributed by atoms with van der Waals surface area (Å²) in [6.45, 7) is 0. The Labute approximate surface area is 233 Å². The van der Waals surface area contributed by atoms with Gasteiger partial charge in [-0.2, -0.15) is 0 Å². The zero-order valence-electron chi connectivity index (χ0n) is 21.5. The highest BCUT2D eigenvalue weighted by atomic mass is 79.9. The number of hydrogen-bond donors (Lipinski definition) is 3. The van der Waals surface area contributed by atoms with Crippen LogP contribution in [-0.4, -0.2) is 20.9 Å². The van der Waals surface area contributed by atoms with Crippen molar-refractivity contribution in [3.63, 3.8) is 0 Å². The van der Waals surface area contributed by atoms with Gasteiger partial charge in [-0.1, -0.05) is 58.4 Å². The molecule has 0 radical (unpaired) electrons. The number of halogens is 2. The van der Waals surface area contributed by atoms with Gasteiger partial charge < -0.3 is 10.6 Å². The first-order chi connectivity index (χ1) is 18.9. The smallest absolute Gasteiger partial charge is 0.267 e. The molecule has 10 heteroatoms. The predicted molar refractivity (Wildman–Crippen MR) is 153 cm³/mol. The van der Waals surface area contributed by atoms with Crippen molar-refractivity contribution in [2.75, 3.05) is 5.32 Å². The Hall–Kier alpha value is -3.79. The van der Waals surface area contributed by atoms with Crippen LogP contribution in [0.2, 0.25) is 0 Å². The second-order valence-electron chi connectivity index (χ2n) is 10.1. The van der Waals surface area contributed by atoms with E-state index in [0.29, 0.717) is 24.3 Å². The molecular formula is C29H29BrFN7O. The van der Waals surface area contributed by atoms with Crippen LogP contribution in [0.5, 0.6) is 0 Å². The molecule has 3 N–H and O–H groups in total. The van der Waals surface area contributed by atoms with E-state index >= 15 is 0 Å². The summed E-state index contributed by atoms with van der Waals surface area (Å²) < 4.78 is 16.8. The lowest BCUT2D eigenvalue weighted by molar-refractivity contribution is 0.465. The molecule has 1 fully saturated rings. The van der Waals surface area contributed by atoms with Crippen molar-refractivity contribution in [2.45, 2.75) is 49.1 Å². The standard InChI is InChI=1S/C29H29BrFN7O/c1-37-28(39)24(26(32)38-23-9-5-8-22(23)35-29(37)38)27(34-20-6-3-2-4-7-20)36-25(30)18-12-10-17(11-13-18)21-15-14-19(31)16-33-21/h2-4,6-7,10-13,16,22-23,25,32,34,36H,5,8-9,14-15H2,1H3/b27-24+,32-26?/t22-,23+,25?/m1/s1. The normalized spacial score (nSPS) is 21.2. The van der Waals surface area contributed by atoms with Crippen molar-refractivity contribution in [2.24, 2.45) is 17.0 Å². The Kier molecular flexibility index (Phi) is 6.80. The fourth-order valence-electron chi connectivity index (χ4n) is 5.58. The molecule has 200 valence electrons. The van der Waals surface area contributed by atoms with E-state index in [1.54, 1.807) is 11.6 Å². The van der Waals surface area contributed by atoms with Crippen LogP contribution in [0, 0.1) is 5.41 Å². The van der Waals surface area contributed by atoms with E-state index in [-0.39, 0.29) is 39.1 Å². The van der Waals surface area contributed by atoms with Crippen molar-refractivity contribution < 1.29 is 4.39 Å². The monoisotopic (exact) mass is 589 g/mol. The van der Waals surface area contributed by atoms with Crippen LogP contribution in [-0.2, 0) is 7.05 Å². The Morgan fingerprint density at radius 1 is 1.13 bits per heavy atom. The Balaban J connectivity index is 1.42. The lowest BCUT2D eigenvalue weighted by atomic mass is 10.0. The Morgan fingerprint density at radius 2 is 1.90 bits per heavy atom. The fraction of sp³-hybridized carbons (Fsp3) is 0.310. The SMILES string of the molecule is Cn1c(=O)/c(=C(\Nc2ccccc2)NC(Br)c2ccc(C3=NC=C(F)CC3)cc2)c(=N)n2c1=N[C@@H]1CCC[C@@H]12. The third-order valence-electron chi connectivity index (χ3n) is 7.63. The van der Waals surface area contributed by atoms with Crippen LogP contribution >= 0.6 is 15.9 Å². The number of anilines is 1. The minimum Gasteiger partial charge on any atom is -0.355 e. The first kappa shape index (κ1) is 25.5. The van der Waals surface area contributed by atoms with Gasteiger partial charge in [-0.15, -0.1) is 0 Å². The van der Waals surface area contributed by atoms with Crippen molar-refractivity contribution >= 4 is 33.1 Å². The Bertz CT molecular complexity index is 1720. The molecule has 3 aromatic rings. The largest absolute Gasteiger partial charge is 0.355 e. The minimum absolute atomic E-state index is 0.106. The van der Waals surface area contributed by atoms with Gasteiger partial charge in [-0.05, 0) is 48.9 Å². The highest BCUT2D eigenvalue weighted by Gasteiger charge is 2.35. The highest BCUT2D eigenvalue weighted by Crippen LogP contribution is 2.32. The van der Waals surface area contributed by atoms with Crippen LogP contribution in [0.15, 0.2) is 81.4 Å². The zero-order valence-corrected chi connectivity index (χ0v) is 23.1. The number of nitrogens with one attached hydrogen (secondary N) is 3. The van der Waals surface area contributed by atoms with E-state index in [1.807, 2.05) is 59.2 Å². The number of fused-ring (bicyclic) bond motifs is 3. The summed E-state index contributed by atoms with van der Waals surface area (Å²) in [5, 5.41) is 16.2. The number of aromatic nitrogens is 2. The van der Waals surface area contributed by atoms with Crippen LogP contribution in [0.1, 0.15) is 54.2 Å². The summed E-state index contributed by atoms with van der Waals surface area (Å²) in [6.07, 6.45) is 5.21. The molecule has 1 aromatic heterocycles. The van der Waals surface area contributed by atoms with Gasteiger partial charge in [-0.3, -0.25) is 24.3 Å². The van der Waals surface area contributed by atoms with Crippen molar-refractivity contribution in [3.8, 4) is 0 Å². The van der Waals surface area contributed by atoms with Gasteiger partial charge in [-0.25, -0.2) is 9.38 Å². The second-order valence-corrected chi connectivity index (χ2v) is 11.0. The maximum atomic E-state index is 13.7. The number of rotatable bonds is 6. The summed E-state index contributed by atoms with van der Waals surface area (Å²) in [4.78, 5) is 22.3. The average Bonchev–Trinajstić information content (AvgIpc) is 3.55. The lowest BCUT2D eigenvalue weighted by Crippen LogP contribution is -2.59. The van der Waals surface area contributed by atoms with Crippen LogP contribution in [0.25, 0.3) is 5.82 Å². The number of hydrogen-bond acceptors (Lipinski definition) is 6. The van der Waals surface area contributed by atoms with Gasteiger partial charge in [0.25, 0.3) is 5.56 Å². The van der Waals surface area contributed by atoms with Crippen molar-refractivity contribution in [1.29, 1.82) is 5.41 Å². The zero-order chi connectivity index (χ0) is 27.1. The van der Waals surface area contributed by atoms with Gasteiger partial charge in [0.2, 0.25) is 5.62 Å². The van der Waals surface area contributed by atoms with Crippen molar-refractivity contribution in [3.05, 3.63) is 104 Å². The van der Waals surface area contributed by atoms with Crippen LogP contribution in [0.3, 0.4) is 0 Å². The first-order valence-corrected chi connectivity index (χ1v) is 14.0. The molecule has 3 atom stereocenters. The summed E-state index contributed by atoms with van der Waals surface area (Å²) in [7, 11) is 1.72. The van der Waals surface area contributed by atoms with Crippen molar-refractivity contribution in [1.82, 2.24) is 14.5 Å². The molecule has 0 spiro atoms. The molecule has 1 aliphatic carbocycles. The molecule has 2 aromatic carbocycles. The number of aliphatic imine (C=N–C) groups is 1. The molecule has 0 saturated heterocycles. The van der Waals surface area contributed by atoms with Gasteiger partial charge in [0.05, 0.1) is 18.3 Å². The third-order valence-corrected chi connectivity index (χ3v) is 8.39. The van der Waals surface area contributed by atoms with E-state index < -0.39 is 0 Å². The van der Waals surface area contributed by atoms with Crippen LogP contribution < -0.4 is 32.5 Å². The summed E-state index contributed by atoms with van der Waals surface area (Å²) >= 11 is 3.74. The van der Waals surface area contributed by atoms with E-state index in [0.717, 1.165) is 41.8 Å². The molecule has 8 nitrogen and oxygen atoms in total. The van der Waals surface area contributed by atoms with Gasteiger partial charge >= 0.3 is 0 Å². The predicted octanol–water partition coefficient (Wildman–Crippen LogP) is 3.65. The number of alkyl halides is 1. The first-order valence-electron chi connectivity index (χ1n) is 13.1. The topological polar surface area (TPSA) is 99.6 Å². The fourth-order valence-corrected chi connectivity index (χ4v) is 6.11. The van der Waals surface area contributed by atoms with E-state index in [2.05, 4.69) is 31.6 Å². The molecule has 6 rings (SSSR count). The second kappa shape index (κ2) is 10.4. The quantitative estimate of drug-likeness (QED) is 0.302. The van der Waals surface area contributed by atoms with E-state index in [4.69, 9.17) is 10.4 Å². The maximum absolute atomic E-state index is 13.7. The number of benzene rings is 2. The number of para-hydroxylation sites is 1. The molecular weight excluding hydrogens is 561 g/mol. The molecule has 1 saturated carbocycles. The maximum Gasteiger partial charge on any atom is 0.267 e. The van der Waals surface area contributed by atoms with Gasteiger partial charge in [0.1, 0.15) is 27.3 Å². The highest BCUT2D eigenvalue weighted by molar-refractivity contribution is 9.09. The summed E-state index contributed by atoms with van der Waals surface area (Å²) in [6, 6.07) is 17.7. The number of allylic oxidation sites excluding steroid dienone is 1.